The van der Waals surface area contributed by atoms with Crippen LogP contribution in [0.25, 0.3) is 0 Å². The number of carbonyl (C=O) groups is 2. The van der Waals surface area contributed by atoms with Crippen molar-refractivity contribution < 1.29 is 19.5 Å². The van der Waals surface area contributed by atoms with Crippen LogP contribution in [0.5, 0.6) is 0 Å². The van der Waals surface area contributed by atoms with Crippen molar-refractivity contribution in [2.24, 2.45) is 0 Å². The molecule has 1 amide bonds. The minimum absolute atomic E-state index is 0.133. The van der Waals surface area contributed by atoms with E-state index >= 15 is 0 Å². The summed E-state index contributed by atoms with van der Waals surface area (Å²) in [6.07, 6.45) is 0.448. The molecule has 0 aromatic rings. The molecule has 2 unspecified atom stereocenters. The van der Waals surface area contributed by atoms with Crippen molar-refractivity contribution in [2.75, 3.05) is 6.54 Å². The third-order valence-corrected chi connectivity index (χ3v) is 1.45. The fourth-order valence-corrected chi connectivity index (χ4v) is 0.653. The van der Waals surface area contributed by atoms with Gasteiger partial charge in [-0.2, -0.15) is 5.48 Å². The van der Waals surface area contributed by atoms with E-state index in [0.29, 0.717) is 0 Å². The third kappa shape index (κ3) is 6.64. The summed E-state index contributed by atoms with van der Waals surface area (Å²) in [6.45, 7) is 6.40. The summed E-state index contributed by atoms with van der Waals surface area (Å²) in [5.74, 6) is -1.08. The minimum Gasteiger partial charge on any atom is -0.392 e. The Hall–Kier alpha value is -1.40. The summed E-state index contributed by atoms with van der Waals surface area (Å²) < 4.78 is 0. The van der Waals surface area contributed by atoms with Crippen LogP contribution in [0, 0.1) is 0 Å². The van der Waals surface area contributed by atoms with Crippen LogP contribution in [0.4, 0.5) is 0 Å². The Balaban J connectivity index is 3.79. The molecule has 0 heterocycles. The monoisotopic (exact) mass is 216 g/mol. The van der Waals surface area contributed by atoms with Crippen molar-refractivity contribution in [3.05, 3.63) is 12.7 Å². The highest BCUT2D eigenvalue weighted by Crippen LogP contribution is 1.86. The number of amides is 1. The number of aliphatic hydroxyl groups excluding tert-OH is 1. The molecule has 6 nitrogen and oxygen atoms in total. The van der Waals surface area contributed by atoms with Crippen molar-refractivity contribution >= 4 is 11.9 Å². The van der Waals surface area contributed by atoms with E-state index in [2.05, 4.69) is 22.2 Å². The lowest BCUT2D eigenvalue weighted by atomic mass is 10.3. The van der Waals surface area contributed by atoms with E-state index < -0.39 is 24.0 Å². The Morgan fingerprint density at radius 2 is 2.13 bits per heavy atom. The zero-order valence-electron chi connectivity index (χ0n) is 8.82. The number of rotatable bonds is 6. The van der Waals surface area contributed by atoms with Crippen LogP contribution < -0.4 is 10.8 Å². The predicted molar refractivity (Wildman–Crippen MR) is 53.6 cm³/mol. The lowest BCUT2D eigenvalue weighted by molar-refractivity contribution is -0.155. The van der Waals surface area contributed by atoms with Gasteiger partial charge in [-0.05, 0) is 19.9 Å². The Labute approximate surface area is 88.3 Å². The number of hydrogen-bond donors (Lipinski definition) is 3. The largest absolute Gasteiger partial charge is 0.392 e. The average Bonchev–Trinajstić information content (AvgIpc) is 2.16. The predicted octanol–water partition coefficient (Wildman–Crippen LogP) is -0.894. The van der Waals surface area contributed by atoms with E-state index in [1.165, 1.54) is 6.92 Å². The second kappa shape index (κ2) is 6.97. The zero-order chi connectivity index (χ0) is 11.8. The van der Waals surface area contributed by atoms with Gasteiger partial charge < -0.3 is 15.3 Å². The van der Waals surface area contributed by atoms with Gasteiger partial charge in [0.2, 0.25) is 5.91 Å². The molecule has 0 aliphatic rings. The van der Waals surface area contributed by atoms with E-state index in [1.54, 1.807) is 6.92 Å². The molecule has 15 heavy (non-hydrogen) atoms. The molecule has 0 aliphatic heterocycles. The summed E-state index contributed by atoms with van der Waals surface area (Å²) in [7, 11) is 0. The van der Waals surface area contributed by atoms with Gasteiger partial charge in [0, 0.05) is 0 Å². The maximum atomic E-state index is 11.2. The van der Waals surface area contributed by atoms with Crippen molar-refractivity contribution in [3.8, 4) is 0 Å². The topological polar surface area (TPSA) is 87.7 Å². The average molecular weight is 216 g/mol. The van der Waals surface area contributed by atoms with Gasteiger partial charge in [0.1, 0.15) is 6.04 Å². The molecule has 0 aromatic carbocycles. The van der Waals surface area contributed by atoms with Gasteiger partial charge in [-0.25, -0.2) is 4.79 Å². The number of nitrogens with one attached hydrogen (secondary N) is 2. The van der Waals surface area contributed by atoms with Crippen molar-refractivity contribution in [2.45, 2.75) is 26.0 Å². The van der Waals surface area contributed by atoms with Crippen LogP contribution in [0.2, 0.25) is 0 Å². The van der Waals surface area contributed by atoms with Crippen molar-refractivity contribution in [1.29, 1.82) is 0 Å². The summed E-state index contributed by atoms with van der Waals surface area (Å²) >= 11 is 0. The van der Waals surface area contributed by atoms with E-state index in [9.17, 15) is 9.59 Å². The summed E-state index contributed by atoms with van der Waals surface area (Å²) in [6, 6.07) is -0.767. The van der Waals surface area contributed by atoms with Crippen LogP contribution in [0.15, 0.2) is 12.7 Å². The van der Waals surface area contributed by atoms with Crippen LogP contribution in [-0.4, -0.2) is 35.7 Å². The first-order chi connectivity index (χ1) is 6.97. The fraction of sp³-hybridized carbons (Fsp3) is 0.556. The summed E-state index contributed by atoms with van der Waals surface area (Å²) in [5.41, 5.74) is 2.28. The molecule has 2 atom stereocenters. The Kier molecular flexibility index (Phi) is 6.32. The molecule has 6 heteroatoms. The maximum Gasteiger partial charge on any atom is 0.346 e. The maximum absolute atomic E-state index is 11.2. The molecule has 3 N–H and O–H groups in total. The first-order valence-corrected chi connectivity index (χ1v) is 4.52. The third-order valence-electron chi connectivity index (χ3n) is 1.45. The SMILES string of the molecule is C=CC(=O)NC(C)C(=O)ONCC(C)O. The molecule has 0 spiro atoms. The molecule has 0 saturated carbocycles. The number of carbonyl (C=O) groups excluding carboxylic acids is 2. The van der Waals surface area contributed by atoms with E-state index in [4.69, 9.17) is 5.11 Å². The van der Waals surface area contributed by atoms with Crippen molar-refractivity contribution in [1.82, 2.24) is 10.8 Å². The second-order valence-electron chi connectivity index (χ2n) is 3.05. The highest BCUT2D eigenvalue weighted by Gasteiger charge is 2.15. The molecule has 86 valence electrons. The molecule has 0 saturated heterocycles. The van der Waals surface area contributed by atoms with Crippen LogP contribution in [0.1, 0.15) is 13.8 Å². The number of hydrogen-bond acceptors (Lipinski definition) is 5. The fourth-order valence-electron chi connectivity index (χ4n) is 0.653. The Morgan fingerprint density at radius 1 is 1.53 bits per heavy atom. The molecule has 0 aliphatic carbocycles. The summed E-state index contributed by atoms with van der Waals surface area (Å²) in [5, 5.41) is 11.2. The normalized spacial score (nSPS) is 13.8. The Bertz CT molecular complexity index is 240. The Morgan fingerprint density at radius 3 is 2.60 bits per heavy atom. The summed E-state index contributed by atoms with van der Waals surface area (Å²) in [4.78, 5) is 26.5. The first kappa shape index (κ1) is 13.6. The van der Waals surface area contributed by atoms with Crippen molar-refractivity contribution in [3.63, 3.8) is 0 Å². The van der Waals surface area contributed by atoms with Gasteiger partial charge in [-0.3, -0.25) is 4.79 Å². The van der Waals surface area contributed by atoms with Crippen LogP contribution in [-0.2, 0) is 14.4 Å². The first-order valence-electron chi connectivity index (χ1n) is 4.52. The number of aliphatic hydroxyl groups is 1. The molecular formula is C9H16N2O4. The van der Waals surface area contributed by atoms with Gasteiger partial charge >= 0.3 is 5.97 Å². The highest BCUT2D eigenvalue weighted by molar-refractivity contribution is 5.90. The number of hydroxylamine groups is 1. The van der Waals surface area contributed by atoms with Gasteiger partial charge in [0.05, 0.1) is 12.6 Å². The second-order valence-corrected chi connectivity index (χ2v) is 3.05. The smallest absolute Gasteiger partial charge is 0.346 e. The molecule has 0 bridgehead atoms. The molecule has 0 aromatic heterocycles. The van der Waals surface area contributed by atoms with Crippen LogP contribution >= 0.6 is 0 Å². The van der Waals surface area contributed by atoms with Gasteiger partial charge in [0.15, 0.2) is 0 Å². The van der Waals surface area contributed by atoms with Gasteiger partial charge in [0.25, 0.3) is 0 Å². The van der Waals surface area contributed by atoms with Gasteiger partial charge in [-0.15, -0.1) is 0 Å². The minimum atomic E-state index is -0.767. The van der Waals surface area contributed by atoms with E-state index in [-0.39, 0.29) is 6.54 Å². The molecule has 0 rings (SSSR count). The van der Waals surface area contributed by atoms with E-state index in [0.717, 1.165) is 6.08 Å². The van der Waals surface area contributed by atoms with Crippen LogP contribution in [0.3, 0.4) is 0 Å². The lowest BCUT2D eigenvalue weighted by Crippen LogP contribution is -2.41. The van der Waals surface area contributed by atoms with E-state index in [1.807, 2.05) is 0 Å². The van der Waals surface area contributed by atoms with Gasteiger partial charge in [-0.1, -0.05) is 6.58 Å². The molecule has 0 fully saturated rings. The molecule has 0 radical (unpaired) electrons. The highest BCUT2D eigenvalue weighted by atomic mass is 16.7. The zero-order valence-corrected chi connectivity index (χ0v) is 8.82. The lowest BCUT2D eigenvalue weighted by Gasteiger charge is -2.12. The molecular weight excluding hydrogens is 200 g/mol. The quantitative estimate of drug-likeness (QED) is 0.396. The standard InChI is InChI=1S/C9H16N2O4/c1-4-8(13)11-7(3)9(14)15-10-5-6(2)12/h4,6-7,10,12H,1,5H2,2-3H3,(H,11,13).